The molecule has 6 nitrogen and oxygen atoms in total. The molecule has 0 aliphatic carbocycles. The van der Waals surface area contributed by atoms with E-state index in [1.807, 2.05) is 12.4 Å². The van der Waals surface area contributed by atoms with E-state index in [4.69, 9.17) is 9.47 Å². The van der Waals surface area contributed by atoms with Crippen LogP contribution in [0.4, 0.5) is 5.00 Å². The Balaban J connectivity index is 1.71. The highest BCUT2D eigenvalue weighted by atomic mass is 32.1. The molecule has 1 N–H and O–H groups in total. The lowest BCUT2D eigenvalue weighted by Gasteiger charge is -2.35. The van der Waals surface area contributed by atoms with Crippen LogP contribution < -0.4 is 10.1 Å². The van der Waals surface area contributed by atoms with Crippen LogP contribution in [-0.4, -0.2) is 49.2 Å². The maximum Gasteiger partial charge on any atom is 0.256 e. The summed E-state index contributed by atoms with van der Waals surface area (Å²) in [4.78, 5) is 20.9. The van der Waals surface area contributed by atoms with Crippen molar-refractivity contribution in [3.63, 3.8) is 0 Å². The standard InChI is InChI=1S/C24H27N3O3S/c1-16-17(2)31-24(26-23(28)19-4-6-20(29-3)7-5-19)21(16)22(18-8-10-25-11-9-18)27-12-14-30-15-13-27/h4-11,22H,12-15H2,1-3H3,(H,26,28)/t22-/m1/s1. The number of aromatic nitrogens is 1. The van der Waals surface area contributed by atoms with Gasteiger partial charge in [-0.1, -0.05) is 0 Å². The number of methoxy groups -OCH3 is 1. The summed E-state index contributed by atoms with van der Waals surface area (Å²) in [5, 5.41) is 4.07. The number of ether oxygens (including phenoxy) is 2. The van der Waals surface area contributed by atoms with Gasteiger partial charge in [0.2, 0.25) is 0 Å². The Morgan fingerprint density at radius 3 is 2.45 bits per heavy atom. The lowest BCUT2D eigenvalue weighted by Crippen LogP contribution is -2.40. The van der Waals surface area contributed by atoms with Gasteiger partial charge in [-0.2, -0.15) is 0 Å². The third-order valence-corrected chi connectivity index (χ3v) is 6.86. The number of morpholine rings is 1. The monoisotopic (exact) mass is 437 g/mol. The second-order valence-corrected chi connectivity index (χ2v) is 8.76. The zero-order valence-corrected chi connectivity index (χ0v) is 18.9. The average molecular weight is 438 g/mol. The van der Waals surface area contributed by atoms with Crippen molar-refractivity contribution in [2.45, 2.75) is 19.9 Å². The molecule has 3 aromatic rings. The molecule has 0 unspecified atom stereocenters. The molecule has 31 heavy (non-hydrogen) atoms. The van der Waals surface area contributed by atoms with Crippen molar-refractivity contribution in [2.75, 3.05) is 38.7 Å². The largest absolute Gasteiger partial charge is 0.497 e. The number of aryl methyl sites for hydroxylation is 1. The van der Waals surface area contributed by atoms with Gasteiger partial charge in [-0.3, -0.25) is 14.7 Å². The number of hydrogen-bond acceptors (Lipinski definition) is 6. The summed E-state index contributed by atoms with van der Waals surface area (Å²) < 4.78 is 10.8. The van der Waals surface area contributed by atoms with E-state index in [9.17, 15) is 4.79 Å². The molecule has 1 aliphatic rings. The van der Waals surface area contributed by atoms with E-state index in [1.54, 1.807) is 42.7 Å². The van der Waals surface area contributed by atoms with Crippen molar-refractivity contribution in [3.05, 3.63) is 75.9 Å². The summed E-state index contributed by atoms with van der Waals surface area (Å²) in [6, 6.07) is 11.3. The summed E-state index contributed by atoms with van der Waals surface area (Å²) in [7, 11) is 1.61. The molecule has 1 atom stereocenters. The highest BCUT2D eigenvalue weighted by Gasteiger charge is 2.30. The molecule has 0 radical (unpaired) electrons. The quantitative estimate of drug-likeness (QED) is 0.618. The van der Waals surface area contributed by atoms with E-state index in [0.717, 1.165) is 35.0 Å². The fourth-order valence-electron chi connectivity index (χ4n) is 3.93. The summed E-state index contributed by atoms with van der Waals surface area (Å²) in [5.74, 6) is 0.603. The van der Waals surface area contributed by atoms with Crippen molar-refractivity contribution in [1.29, 1.82) is 0 Å². The molecular formula is C24H27N3O3S. The third kappa shape index (κ3) is 4.63. The zero-order valence-electron chi connectivity index (χ0n) is 18.1. The number of rotatable bonds is 6. The van der Waals surface area contributed by atoms with Gasteiger partial charge in [0.05, 0.1) is 26.4 Å². The number of thiophene rings is 1. The number of amides is 1. The van der Waals surface area contributed by atoms with Crippen LogP contribution >= 0.6 is 11.3 Å². The Kier molecular flexibility index (Phi) is 6.65. The number of benzene rings is 1. The number of carbonyl (C=O) groups is 1. The maximum atomic E-state index is 13.0. The van der Waals surface area contributed by atoms with Gasteiger partial charge in [-0.05, 0) is 61.4 Å². The Morgan fingerprint density at radius 1 is 1.13 bits per heavy atom. The average Bonchev–Trinajstić information content (AvgIpc) is 3.08. The molecule has 2 aromatic heterocycles. The Bertz CT molecular complexity index is 1030. The number of nitrogens with zero attached hydrogens (tertiary/aromatic N) is 2. The van der Waals surface area contributed by atoms with Crippen molar-refractivity contribution in [2.24, 2.45) is 0 Å². The SMILES string of the molecule is COc1ccc(C(=O)Nc2sc(C)c(C)c2[C@@H](c2ccncc2)N2CCOCC2)cc1. The van der Waals surface area contributed by atoms with E-state index >= 15 is 0 Å². The van der Waals surface area contributed by atoms with E-state index in [0.29, 0.717) is 18.8 Å². The van der Waals surface area contributed by atoms with Crippen LogP contribution in [0.1, 0.15) is 38.0 Å². The predicted octanol–water partition coefficient (Wildman–Crippen LogP) is 4.44. The van der Waals surface area contributed by atoms with Gasteiger partial charge < -0.3 is 14.8 Å². The molecule has 1 fully saturated rings. The highest BCUT2D eigenvalue weighted by molar-refractivity contribution is 7.16. The molecule has 3 heterocycles. The number of anilines is 1. The van der Waals surface area contributed by atoms with E-state index < -0.39 is 0 Å². The lowest BCUT2D eigenvalue weighted by atomic mass is 9.95. The number of pyridine rings is 1. The molecule has 1 aliphatic heterocycles. The van der Waals surface area contributed by atoms with Crippen LogP contribution in [0.5, 0.6) is 5.75 Å². The first kappa shape index (κ1) is 21.5. The first-order valence-electron chi connectivity index (χ1n) is 10.4. The Labute approximate surface area is 186 Å². The van der Waals surface area contributed by atoms with Crippen molar-refractivity contribution in [3.8, 4) is 5.75 Å². The number of hydrogen-bond donors (Lipinski definition) is 1. The number of carbonyl (C=O) groups excluding carboxylic acids is 1. The molecule has 0 bridgehead atoms. The molecule has 7 heteroatoms. The minimum atomic E-state index is -0.124. The summed E-state index contributed by atoms with van der Waals surface area (Å²) in [6.07, 6.45) is 3.65. The maximum absolute atomic E-state index is 13.0. The number of nitrogens with one attached hydrogen (secondary N) is 1. The molecular weight excluding hydrogens is 410 g/mol. The minimum absolute atomic E-state index is 0.0306. The van der Waals surface area contributed by atoms with Gasteiger partial charge in [0.25, 0.3) is 5.91 Å². The van der Waals surface area contributed by atoms with Crippen LogP contribution in [0.25, 0.3) is 0 Å². The van der Waals surface area contributed by atoms with Crippen LogP contribution in [0.3, 0.4) is 0 Å². The van der Waals surface area contributed by atoms with Crippen LogP contribution in [0.2, 0.25) is 0 Å². The van der Waals surface area contributed by atoms with Gasteiger partial charge in [0.15, 0.2) is 0 Å². The second kappa shape index (κ2) is 9.60. The van der Waals surface area contributed by atoms with E-state index in [-0.39, 0.29) is 11.9 Å². The molecule has 162 valence electrons. The topological polar surface area (TPSA) is 63.7 Å². The molecule has 0 spiro atoms. The second-order valence-electron chi connectivity index (χ2n) is 7.54. The first-order chi connectivity index (χ1) is 15.1. The fraction of sp³-hybridized carbons (Fsp3) is 0.333. The summed E-state index contributed by atoms with van der Waals surface area (Å²) in [5.41, 5.74) is 4.13. The predicted molar refractivity (Wildman–Crippen MR) is 123 cm³/mol. The van der Waals surface area contributed by atoms with Gasteiger partial charge in [0, 0.05) is 41.5 Å². The van der Waals surface area contributed by atoms with Crippen molar-refractivity contribution < 1.29 is 14.3 Å². The van der Waals surface area contributed by atoms with Crippen LogP contribution in [-0.2, 0) is 4.74 Å². The van der Waals surface area contributed by atoms with Crippen LogP contribution in [0.15, 0.2) is 48.8 Å². The minimum Gasteiger partial charge on any atom is -0.497 e. The molecule has 1 aromatic carbocycles. The normalized spacial score (nSPS) is 15.5. The van der Waals surface area contributed by atoms with Crippen LogP contribution in [0, 0.1) is 13.8 Å². The lowest BCUT2D eigenvalue weighted by molar-refractivity contribution is 0.0240. The molecule has 0 saturated carbocycles. The summed E-state index contributed by atoms with van der Waals surface area (Å²) >= 11 is 1.63. The highest BCUT2D eigenvalue weighted by Crippen LogP contribution is 2.42. The van der Waals surface area contributed by atoms with E-state index in [1.165, 1.54) is 10.4 Å². The Hall–Kier alpha value is -2.74. The van der Waals surface area contributed by atoms with Gasteiger partial charge >= 0.3 is 0 Å². The smallest absolute Gasteiger partial charge is 0.256 e. The molecule has 1 saturated heterocycles. The Morgan fingerprint density at radius 2 is 1.81 bits per heavy atom. The third-order valence-electron chi connectivity index (χ3n) is 5.72. The van der Waals surface area contributed by atoms with Gasteiger partial charge in [-0.25, -0.2) is 0 Å². The van der Waals surface area contributed by atoms with Crippen molar-refractivity contribution >= 4 is 22.2 Å². The van der Waals surface area contributed by atoms with Crippen molar-refractivity contribution in [1.82, 2.24) is 9.88 Å². The first-order valence-corrected chi connectivity index (χ1v) is 11.2. The summed E-state index contributed by atoms with van der Waals surface area (Å²) in [6.45, 7) is 7.34. The molecule has 1 amide bonds. The van der Waals surface area contributed by atoms with Gasteiger partial charge in [0.1, 0.15) is 10.8 Å². The van der Waals surface area contributed by atoms with E-state index in [2.05, 4.69) is 41.2 Å². The van der Waals surface area contributed by atoms with Gasteiger partial charge in [-0.15, -0.1) is 11.3 Å². The zero-order chi connectivity index (χ0) is 21.8. The molecule has 4 rings (SSSR count). The fourth-order valence-corrected chi connectivity index (χ4v) is 5.01.